The number of hydrogen-bond donors (Lipinski definition) is 0. The first-order valence-electron chi connectivity index (χ1n) is 10.6. The Morgan fingerprint density at radius 1 is 0.765 bits per heavy atom. The first-order chi connectivity index (χ1) is 16.3. The summed E-state index contributed by atoms with van der Waals surface area (Å²) in [6.45, 7) is 3.90. The molecule has 2 amide bonds. The van der Waals surface area contributed by atoms with Crippen molar-refractivity contribution in [2.24, 2.45) is 0 Å². The van der Waals surface area contributed by atoms with Crippen molar-refractivity contribution in [1.82, 2.24) is 0 Å². The highest BCUT2D eigenvalue weighted by Crippen LogP contribution is 2.30. The fourth-order valence-corrected chi connectivity index (χ4v) is 3.95. The molecule has 0 saturated carbocycles. The Hall–Kier alpha value is -4.10. The van der Waals surface area contributed by atoms with Gasteiger partial charge in [0.15, 0.2) is 5.11 Å². The summed E-state index contributed by atoms with van der Waals surface area (Å²) < 4.78 is 4.72. The molecule has 1 aliphatic heterocycles. The third kappa shape index (κ3) is 4.38. The lowest BCUT2D eigenvalue weighted by molar-refractivity contribution is -0.120. The predicted octanol–water partition coefficient (Wildman–Crippen LogP) is 4.84. The maximum absolute atomic E-state index is 13.5. The van der Waals surface area contributed by atoms with E-state index in [0.717, 1.165) is 11.1 Å². The van der Waals surface area contributed by atoms with Crippen LogP contribution in [0.5, 0.6) is 0 Å². The van der Waals surface area contributed by atoms with Gasteiger partial charge in [-0.2, -0.15) is 0 Å². The van der Waals surface area contributed by atoms with E-state index in [4.69, 9.17) is 17.0 Å². The molecule has 1 heterocycles. The molecular formula is C27H22N2O4S. The Labute approximate surface area is 203 Å². The van der Waals surface area contributed by atoms with Crippen molar-refractivity contribution in [1.29, 1.82) is 0 Å². The van der Waals surface area contributed by atoms with Crippen molar-refractivity contribution < 1.29 is 19.1 Å². The van der Waals surface area contributed by atoms with Crippen molar-refractivity contribution in [2.75, 3.05) is 16.9 Å². The molecule has 1 fully saturated rings. The predicted molar refractivity (Wildman–Crippen MR) is 136 cm³/mol. The van der Waals surface area contributed by atoms with E-state index >= 15 is 0 Å². The summed E-state index contributed by atoms with van der Waals surface area (Å²) in [6.07, 6.45) is 1.51. The van der Waals surface area contributed by atoms with Crippen LogP contribution in [-0.4, -0.2) is 30.0 Å². The zero-order chi connectivity index (χ0) is 24.4. The lowest BCUT2D eigenvalue weighted by atomic mass is 10.0. The zero-order valence-electron chi connectivity index (χ0n) is 18.9. The summed E-state index contributed by atoms with van der Waals surface area (Å²) in [7, 11) is 1.31. The van der Waals surface area contributed by atoms with E-state index in [1.54, 1.807) is 48.5 Å². The lowest BCUT2D eigenvalue weighted by Crippen LogP contribution is -2.56. The summed E-state index contributed by atoms with van der Waals surface area (Å²) in [4.78, 5) is 41.5. The standard InChI is InChI=1S/C27H22N2O4S/c1-17-4-12-21(13-5-17)28-24(30)23(16-19-8-10-20(11-9-19)26(32)33-3)25(31)29(27(28)34)22-14-6-18(2)7-15-22/h4-16H,1-3H3. The van der Waals surface area contributed by atoms with Gasteiger partial charge in [-0.15, -0.1) is 0 Å². The summed E-state index contributed by atoms with van der Waals surface area (Å²) in [5.41, 5.74) is 4.12. The van der Waals surface area contributed by atoms with Gasteiger partial charge in [0.05, 0.1) is 24.0 Å². The molecule has 0 spiro atoms. The van der Waals surface area contributed by atoms with Gasteiger partial charge in [-0.1, -0.05) is 47.5 Å². The van der Waals surface area contributed by atoms with Gasteiger partial charge in [0.1, 0.15) is 5.57 Å². The molecule has 170 valence electrons. The first kappa shape index (κ1) is 23.1. The molecule has 6 nitrogen and oxygen atoms in total. The minimum absolute atomic E-state index is 0.0411. The van der Waals surface area contributed by atoms with Crippen molar-refractivity contribution >= 4 is 52.6 Å². The number of anilines is 2. The smallest absolute Gasteiger partial charge is 0.337 e. The van der Waals surface area contributed by atoms with E-state index in [9.17, 15) is 14.4 Å². The second-order valence-electron chi connectivity index (χ2n) is 7.91. The van der Waals surface area contributed by atoms with E-state index in [0.29, 0.717) is 22.5 Å². The number of amides is 2. The van der Waals surface area contributed by atoms with Gasteiger partial charge in [0, 0.05) is 0 Å². The Morgan fingerprint density at radius 2 is 1.21 bits per heavy atom. The molecule has 3 aromatic carbocycles. The van der Waals surface area contributed by atoms with E-state index in [-0.39, 0.29) is 10.7 Å². The van der Waals surface area contributed by atoms with Gasteiger partial charge in [-0.3, -0.25) is 19.4 Å². The summed E-state index contributed by atoms with van der Waals surface area (Å²) in [6, 6.07) is 21.2. The van der Waals surface area contributed by atoms with E-state index < -0.39 is 17.8 Å². The van der Waals surface area contributed by atoms with Gasteiger partial charge in [-0.25, -0.2) is 4.79 Å². The van der Waals surface area contributed by atoms with E-state index in [2.05, 4.69) is 0 Å². The molecule has 1 saturated heterocycles. The molecule has 0 N–H and O–H groups in total. The summed E-state index contributed by atoms with van der Waals surface area (Å²) in [5, 5.41) is 0.0842. The van der Waals surface area contributed by atoms with Crippen LogP contribution in [0.2, 0.25) is 0 Å². The minimum Gasteiger partial charge on any atom is -0.465 e. The van der Waals surface area contributed by atoms with Crippen molar-refractivity contribution in [3.05, 3.63) is 101 Å². The molecule has 0 aromatic heterocycles. The topological polar surface area (TPSA) is 66.9 Å². The van der Waals surface area contributed by atoms with Crippen LogP contribution in [0, 0.1) is 13.8 Å². The molecule has 0 bridgehead atoms. The second kappa shape index (κ2) is 9.41. The Balaban J connectivity index is 1.81. The highest BCUT2D eigenvalue weighted by atomic mass is 32.1. The number of methoxy groups -OCH3 is 1. The molecule has 4 rings (SSSR count). The largest absolute Gasteiger partial charge is 0.465 e. The van der Waals surface area contributed by atoms with E-state index in [1.165, 1.54) is 23.0 Å². The number of benzene rings is 3. The highest BCUT2D eigenvalue weighted by molar-refractivity contribution is 7.81. The monoisotopic (exact) mass is 470 g/mol. The molecule has 0 unspecified atom stereocenters. The molecule has 0 atom stereocenters. The summed E-state index contributed by atoms with van der Waals surface area (Å²) >= 11 is 5.64. The number of nitrogens with zero attached hydrogens (tertiary/aromatic N) is 2. The third-order valence-corrected chi connectivity index (χ3v) is 5.84. The molecular weight excluding hydrogens is 448 g/mol. The number of esters is 1. The lowest BCUT2D eigenvalue weighted by Gasteiger charge is -2.36. The van der Waals surface area contributed by atoms with Crippen LogP contribution < -0.4 is 9.80 Å². The van der Waals surface area contributed by atoms with Crippen molar-refractivity contribution in [2.45, 2.75) is 13.8 Å². The van der Waals surface area contributed by atoms with Gasteiger partial charge >= 0.3 is 5.97 Å². The minimum atomic E-state index is -0.515. The fourth-order valence-electron chi connectivity index (χ4n) is 3.57. The molecule has 3 aromatic rings. The van der Waals surface area contributed by atoms with Gasteiger partial charge in [-0.05, 0) is 74.1 Å². The number of carbonyl (C=O) groups excluding carboxylic acids is 3. The number of carbonyl (C=O) groups is 3. The molecule has 0 radical (unpaired) electrons. The first-order valence-corrected chi connectivity index (χ1v) is 11.0. The number of rotatable bonds is 4. The van der Waals surface area contributed by atoms with Crippen molar-refractivity contribution in [3.63, 3.8) is 0 Å². The average Bonchev–Trinajstić information content (AvgIpc) is 2.84. The quantitative estimate of drug-likeness (QED) is 0.236. The number of hydrogen-bond acceptors (Lipinski definition) is 5. The SMILES string of the molecule is COC(=O)c1ccc(C=C2C(=O)N(c3ccc(C)cc3)C(=S)N(c3ccc(C)cc3)C2=O)cc1. The molecule has 1 aliphatic rings. The number of thiocarbonyl (C=S) groups is 1. The zero-order valence-corrected chi connectivity index (χ0v) is 19.8. The molecule has 0 aliphatic carbocycles. The molecule has 34 heavy (non-hydrogen) atoms. The van der Waals surface area contributed by atoms with Crippen LogP contribution in [0.25, 0.3) is 6.08 Å². The Kier molecular flexibility index (Phi) is 6.38. The maximum atomic E-state index is 13.5. The normalized spacial score (nSPS) is 13.9. The summed E-state index contributed by atoms with van der Waals surface area (Å²) in [5.74, 6) is -1.50. The van der Waals surface area contributed by atoms with Crippen LogP contribution in [0.4, 0.5) is 11.4 Å². The van der Waals surface area contributed by atoms with Crippen LogP contribution in [-0.2, 0) is 14.3 Å². The number of aryl methyl sites for hydroxylation is 2. The van der Waals surface area contributed by atoms with Gasteiger partial charge in [0.2, 0.25) is 0 Å². The van der Waals surface area contributed by atoms with Gasteiger partial charge in [0.25, 0.3) is 11.8 Å². The maximum Gasteiger partial charge on any atom is 0.337 e. The van der Waals surface area contributed by atoms with Crippen molar-refractivity contribution in [3.8, 4) is 0 Å². The number of ether oxygens (including phenoxy) is 1. The highest BCUT2D eigenvalue weighted by Gasteiger charge is 2.41. The van der Waals surface area contributed by atoms with Crippen LogP contribution in [0.1, 0.15) is 27.0 Å². The third-order valence-electron chi connectivity index (χ3n) is 5.48. The second-order valence-corrected chi connectivity index (χ2v) is 8.27. The van der Waals surface area contributed by atoms with Crippen LogP contribution >= 0.6 is 12.2 Å². The average molecular weight is 471 g/mol. The van der Waals surface area contributed by atoms with E-state index in [1.807, 2.05) is 38.1 Å². The molecule has 7 heteroatoms. The fraction of sp³-hybridized carbons (Fsp3) is 0.111. The van der Waals surface area contributed by atoms with Crippen LogP contribution in [0.15, 0.2) is 78.4 Å². The Bertz CT molecular complexity index is 1240. The Morgan fingerprint density at radius 3 is 1.62 bits per heavy atom. The van der Waals surface area contributed by atoms with Gasteiger partial charge < -0.3 is 4.74 Å². The van der Waals surface area contributed by atoms with Crippen LogP contribution in [0.3, 0.4) is 0 Å².